The summed E-state index contributed by atoms with van der Waals surface area (Å²) in [5, 5.41) is 6.74. The maximum Gasteiger partial charge on any atom is 0.191 e. The van der Waals surface area contributed by atoms with Crippen LogP contribution in [0.2, 0.25) is 0 Å². The van der Waals surface area contributed by atoms with Crippen LogP contribution in [0.3, 0.4) is 0 Å². The number of rotatable bonds is 11. The predicted octanol–water partition coefficient (Wildman–Crippen LogP) is 2.42. The van der Waals surface area contributed by atoms with Crippen molar-refractivity contribution in [3.63, 3.8) is 0 Å². The lowest BCUT2D eigenvalue weighted by Gasteiger charge is -2.26. The average Bonchev–Trinajstić information content (AvgIpc) is 2.55. The highest BCUT2D eigenvalue weighted by molar-refractivity contribution is 14.0. The number of ether oxygens (including phenoxy) is 1. The third-order valence-corrected chi connectivity index (χ3v) is 4.36. The van der Waals surface area contributed by atoms with Crippen molar-refractivity contribution in [3.05, 3.63) is 0 Å². The standard InChI is InChI=1S/C16H34N4OS.HI/c1-3-17-16(19-9-5-7-15-22-2)18-8-4-6-10-20-11-13-21-14-12-20;/h3-15H2,1-2H3,(H2,17,18,19);1H. The zero-order valence-electron chi connectivity index (χ0n) is 14.8. The Bertz CT molecular complexity index is 289. The lowest BCUT2D eigenvalue weighted by atomic mass is 10.3. The second-order valence-corrected chi connectivity index (χ2v) is 6.53. The van der Waals surface area contributed by atoms with E-state index in [2.05, 4.69) is 33.7 Å². The highest BCUT2D eigenvalue weighted by atomic mass is 127. The summed E-state index contributed by atoms with van der Waals surface area (Å²) in [6.45, 7) is 10.1. The van der Waals surface area contributed by atoms with Crippen molar-refractivity contribution in [1.29, 1.82) is 0 Å². The van der Waals surface area contributed by atoms with Crippen LogP contribution >= 0.6 is 35.7 Å². The van der Waals surface area contributed by atoms with Crippen molar-refractivity contribution in [1.82, 2.24) is 15.5 Å². The van der Waals surface area contributed by atoms with Crippen molar-refractivity contribution in [2.24, 2.45) is 4.99 Å². The van der Waals surface area contributed by atoms with Gasteiger partial charge in [0.25, 0.3) is 0 Å². The first-order valence-corrected chi connectivity index (χ1v) is 10.1. The average molecular weight is 458 g/mol. The summed E-state index contributed by atoms with van der Waals surface area (Å²) < 4.78 is 5.37. The second-order valence-electron chi connectivity index (χ2n) is 5.55. The zero-order chi connectivity index (χ0) is 15.9. The Morgan fingerprint density at radius 2 is 1.91 bits per heavy atom. The number of hydrogen-bond donors (Lipinski definition) is 2. The van der Waals surface area contributed by atoms with E-state index in [9.17, 15) is 0 Å². The van der Waals surface area contributed by atoms with Crippen molar-refractivity contribution in [3.8, 4) is 0 Å². The van der Waals surface area contributed by atoms with Crippen LogP contribution in [0.4, 0.5) is 0 Å². The molecule has 0 aromatic carbocycles. The van der Waals surface area contributed by atoms with E-state index in [0.29, 0.717) is 0 Å². The summed E-state index contributed by atoms with van der Waals surface area (Å²) in [5.41, 5.74) is 0. The lowest BCUT2D eigenvalue weighted by molar-refractivity contribution is 0.0373. The van der Waals surface area contributed by atoms with Crippen LogP contribution < -0.4 is 10.6 Å². The van der Waals surface area contributed by atoms with E-state index >= 15 is 0 Å². The van der Waals surface area contributed by atoms with E-state index in [0.717, 1.165) is 58.3 Å². The molecule has 0 radical (unpaired) electrons. The van der Waals surface area contributed by atoms with E-state index in [1.807, 2.05) is 11.8 Å². The van der Waals surface area contributed by atoms with E-state index in [1.54, 1.807) is 0 Å². The van der Waals surface area contributed by atoms with Crippen LogP contribution in [-0.4, -0.2) is 75.4 Å². The van der Waals surface area contributed by atoms with Gasteiger partial charge in [-0.1, -0.05) is 0 Å². The molecule has 1 aliphatic heterocycles. The summed E-state index contributed by atoms with van der Waals surface area (Å²) in [5.74, 6) is 2.22. The van der Waals surface area contributed by atoms with Crippen molar-refractivity contribution in [2.75, 3.05) is 64.5 Å². The summed E-state index contributed by atoms with van der Waals surface area (Å²) >= 11 is 1.92. The molecule has 1 rings (SSSR count). The van der Waals surface area contributed by atoms with Gasteiger partial charge in [-0.25, -0.2) is 0 Å². The number of aliphatic imine (C=N–C) groups is 1. The molecule has 0 atom stereocenters. The molecule has 1 heterocycles. The molecule has 0 bridgehead atoms. The van der Waals surface area contributed by atoms with Gasteiger partial charge in [0.15, 0.2) is 5.96 Å². The van der Waals surface area contributed by atoms with Gasteiger partial charge in [0, 0.05) is 32.7 Å². The number of thioether (sulfide) groups is 1. The maximum absolute atomic E-state index is 5.37. The van der Waals surface area contributed by atoms with Gasteiger partial charge in [-0.3, -0.25) is 9.89 Å². The molecule has 0 aromatic heterocycles. The molecule has 0 unspecified atom stereocenters. The first-order chi connectivity index (χ1) is 10.9. The molecule has 7 heteroatoms. The summed E-state index contributed by atoms with van der Waals surface area (Å²) in [7, 11) is 0. The predicted molar refractivity (Wildman–Crippen MR) is 114 cm³/mol. The van der Waals surface area contributed by atoms with Gasteiger partial charge in [-0.15, -0.1) is 24.0 Å². The first-order valence-electron chi connectivity index (χ1n) is 8.68. The second kappa shape index (κ2) is 17.1. The Kier molecular flexibility index (Phi) is 17.3. The highest BCUT2D eigenvalue weighted by Crippen LogP contribution is 2.00. The van der Waals surface area contributed by atoms with Crippen LogP contribution in [0, 0.1) is 0 Å². The molecule has 23 heavy (non-hydrogen) atoms. The van der Waals surface area contributed by atoms with E-state index in [1.165, 1.54) is 31.6 Å². The summed E-state index contributed by atoms with van der Waals surface area (Å²) in [6.07, 6.45) is 7.02. The summed E-state index contributed by atoms with van der Waals surface area (Å²) in [4.78, 5) is 7.15. The van der Waals surface area contributed by atoms with E-state index < -0.39 is 0 Å². The molecule has 1 saturated heterocycles. The lowest BCUT2D eigenvalue weighted by Crippen LogP contribution is -2.38. The Balaban J connectivity index is 0.00000484. The number of morpholine rings is 1. The smallest absolute Gasteiger partial charge is 0.191 e. The minimum absolute atomic E-state index is 0. The fourth-order valence-electron chi connectivity index (χ4n) is 2.38. The highest BCUT2D eigenvalue weighted by Gasteiger charge is 2.08. The largest absolute Gasteiger partial charge is 0.379 e. The number of hydrogen-bond acceptors (Lipinski definition) is 4. The molecule has 0 spiro atoms. The van der Waals surface area contributed by atoms with Gasteiger partial charge in [-0.05, 0) is 51.2 Å². The third kappa shape index (κ3) is 13.3. The van der Waals surface area contributed by atoms with Gasteiger partial charge in [0.1, 0.15) is 0 Å². The van der Waals surface area contributed by atoms with Crippen LogP contribution in [0.5, 0.6) is 0 Å². The van der Waals surface area contributed by atoms with Gasteiger partial charge >= 0.3 is 0 Å². The monoisotopic (exact) mass is 458 g/mol. The molecule has 138 valence electrons. The molecule has 0 aliphatic carbocycles. The molecule has 0 amide bonds. The van der Waals surface area contributed by atoms with Gasteiger partial charge < -0.3 is 15.4 Å². The number of halogens is 1. The van der Waals surface area contributed by atoms with Gasteiger partial charge in [0.2, 0.25) is 0 Å². The minimum atomic E-state index is 0. The molecular formula is C16H35IN4OS. The van der Waals surface area contributed by atoms with Crippen molar-refractivity contribution < 1.29 is 4.74 Å². The number of nitrogens with zero attached hydrogens (tertiary/aromatic N) is 2. The first kappa shape index (κ1) is 23.3. The van der Waals surface area contributed by atoms with Gasteiger partial charge in [-0.2, -0.15) is 11.8 Å². The molecule has 1 aliphatic rings. The SMILES string of the molecule is CCNC(=NCCCCN1CCOCC1)NCCCCSC.I. The topological polar surface area (TPSA) is 48.9 Å². The number of nitrogens with one attached hydrogen (secondary N) is 2. The third-order valence-electron chi connectivity index (χ3n) is 3.67. The Morgan fingerprint density at radius 1 is 1.13 bits per heavy atom. The fraction of sp³-hybridized carbons (Fsp3) is 0.938. The van der Waals surface area contributed by atoms with Crippen molar-refractivity contribution >= 4 is 41.7 Å². The molecular weight excluding hydrogens is 423 g/mol. The Labute approximate surface area is 163 Å². The Hall–Kier alpha value is 0.270. The molecule has 0 saturated carbocycles. The number of unbranched alkanes of at least 4 members (excludes halogenated alkanes) is 2. The van der Waals surface area contributed by atoms with E-state index in [-0.39, 0.29) is 24.0 Å². The summed E-state index contributed by atoms with van der Waals surface area (Å²) in [6, 6.07) is 0. The van der Waals surface area contributed by atoms with Crippen LogP contribution in [0.15, 0.2) is 4.99 Å². The van der Waals surface area contributed by atoms with Crippen LogP contribution in [0.1, 0.15) is 32.6 Å². The van der Waals surface area contributed by atoms with Gasteiger partial charge in [0.05, 0.1) is 13.2 Å². The van der Waals surface area contributed by atoms with Crippen LogP contribution in [0.25, 0.3) is 0 Å². The maximum atomic E-state index is 5.37. The van der Waals surface area contributed by atoms with E-state index in [4.69, 9.17) is 4.74 Å². The molecule has 1 fully saturated rings. The fourth-order valence-corrected chi connectivity index (χ4v) is 2.88. The Morgan fingerprint density at radius 3 is 2.61 bits per heavy atom. The normalized spacial score (nSPS) is 16.0. The quantitative estimate of drug-likeness (QED) is 0.216. The molecule has 2 N–H and O–H groups in total. The molecule has 5 nitrogen and oxygen atoms in total. The van der Waals surface area contributed by atoms with Crippen molar-refractivity contribution in [2.45, 2.75) is 32.6 Å². The zero-order valence-corrected chi connectivity index (χ0v) is 18.0. The molecule has 0 aromatic rings. The van der Waals surface area contributed by atoms with Crippen LogP contribution in [-0.2, 0) is 4.74 Å². The minimum Gasteiger partial charge on any atom is -0.379 e. The number of guanidine groups is 1.